The zero-order valence-corrected chi connectivity index (χ0v) is 15.9. The predicted octanol–water partition coefficient (Wildman–Crippen LogP) is 5.79. The first kappa shape index (κ1) is 18.2. The van der Waals surface area contributed by atoms with Gasteiger partial charge in [0.2, 0.25) is 0 Å². The van der Waals surface area contributed by atoms with Crippen LogP contribution in [0.5, 0.6) is 0 Å². The van der Waals surface area contributed by atoms with Gasteiger partial charge in [-0.25, -0.2) is 4.79 Å². The molecule has 0 spiro atoms. The summed E-state index contributed by atoms with van der Waals surface area (Å²) in [5.41, 5.74) is 3.27. The second-order valence-corrected chi connectivity index (χ2v) is 6.88. The van der Waals surface area contributed by atoms with Crippen molar-refractivity contribution in [2.24, 2.45) is 0 Å². The number of hydrogen-bond donors (Lipinski definition) is 2. The molecule has 3 aromatic rings. The van der Waals surface area contributed by atoms with Crippen LogP contribution in [0.2, 0.25) is 0 Å². The fraction of sp³-hybridized carbons (Fsp3) is 0.136. The highest BCUT2D eigenvalue weighted by Gasteiger charge is 2.14. The molecule has 0 aromatic heterocycles. The van der Waals surface area contributed by atoms with Crippen molar-refractivity contribution in [3.05, 3.63) is 101 Å². The van der Waals surface area contributed by atoms with E-state index in [-0.39, 0.29) is 11.9 Å². The molecule has 0 unspecified atom stereocenters. The van der Waals surface area contributed by atoms with Crippen molar-refractivity contribution in [2.45, 2.75) is 12.3 Å². The Morgan fingerprint density at radius 2 is 1.35 bits per heavy atom. The largest absolute Gasteiger partial charge is 0.338 e. The average Bonchev–Trinajstić information content (AvgIpc) is 2.68. The fourth-order valence-corrected chi connectivity index (χ4v) is 3.34. The second-order valence-electron chi connectivity index (χ2n) is 6.02. The average molecular weight is 409 g/mol. The number of rotatable bonds is 6. The zero-order valence-electron chi connectivity index (χ0n) is 14.4. The van der Waals surface area contributed by atoms with Crippen LogP contribution in [0.4, 0.5) is 10.5 Å². The molecule has 0 aliphatic heterocycles. The van der Waals surface area contributed by atoms with Crippen molar-refractivity contribution in [3.8, 4) is 0 Å². The number of amides is 2. The summed E-state index contributed by atoms with van der Waals surface area (Å²) < 4.78 is 0.863. The van der Waals surface area contributed by atoms with E-state index in [1.807, 2.05) is 36.4 Å². The Balaban J connectivity index is 1.62. The van der Waals surface area contributed by atoms with Crippen molar-refractivity contribution in [2.75, 3.05) is 11.9 Å². The lowest BCUT2D eigenvalue weighted by Gasteiger charge is -2.18. The number of halogens is 1. The first-order valence-electron chi connectivity index (χ1n) is 8.63. The molecule has 0 aliphatic rings. The third-order valence-corrected chi connectivity index (χ3v) is 4.94. The Bertz CT molecular complexity index is 798. The number of anilines is 1. The summed E-state index contributed by atoms with van der Waals surface area (Å²) in [6, 6.07) is 28.2. The van der Waals surface area contributed by atoms with Crippen LogP contribution in [0, 0.1) is 0 Å². The van der Waals surface area contributed by atoms with Gasteiger partial charge < -0.3 is 10.6 Å². The van der Waals surface area contributed by atoms with Crippen LogP contribution in [-0.2, 0) is 0 Å². The first-order chi connectivity index (χ1) is 12.7. The maximum absolute atomic E-state index is 12.2. The Morgan fingerprint density at radius 3 is 1.92 bits per heavy atom. The van der Waals surface area contributed by atoms with E-state index in [0.29, 0.717) is 6.54 Å². The van der Waals surface area contributed by atoms with Crippen molar-refractivity contribution in [1.82, 2.24) is 5.32 Å². The van der Waals surface area contributed by atoms with Crippen LogP contribution < -0.4 is 10.6 Å². The van der Waals surface area contributed by atoms with E-state index in [9.17, 15) is 4.79 Å². The van der Waals surface area contributed by atoms with Gasteiger partial charge in [-0.1, -0.05) is 72.8 Å². The lowest BCUT2D eigenvalue weighted by molar-refractivity contribution is 0.252. The van der Waals surface area contributed by atoms with Gasteiger partial charge in [0.05, 0.1) is 5.69 Å². The van der Waals surface area contributed by atoms with E-state index in [1.54, 1.807) is 0 Å². The van der Waals surface area contributed by atoms with Crippen molar-refractivity contribution >= 4 is 27.6 Å². The number of hydrogen-bond acceptors (Lipinski definition) is 1. The molecule has 132 valence electrons. The Kier molecular flexibility index (Phi) is 6.45. The van der Waals surface area contributed by atoms with E-state index in [1.165, 1.54) is 11.1 Å². The van der Waals surface area contributed by atoms with Crippen molar-refractivity contribution < 1.29 is 4.79 Å². The molecular weight excluding hydrogens is 388 g/mol. The predicted molar refractivity (Wildman–Crippen MR) is 111 cm³/mol. The standard InChI is InChI=1S/C22H21BrN2O/c23-20-13-7-8-14-21(20)25-22(26)24-16-15-19(17-9-3-1-4-10-17)18-11-5-2-6-12-18/h1-14,19H,15-16H2,(H2,24,25,26). The van der Waals surface area contributed by atoms with E-state index >= 15 is 0 Å². The second kappa shape index (κ2) is 9.20. The third kappa shape index (κ3) is 4.96. The lowest BCUT2D eigenvalue weighted by atomic mass is 9.88. The number of carbonyl (C=O) groups is 1. The monoisotopic (exact) mass is 408 g/mol. The van der Waals surface area contributed by atoms with Crippen LogP contribution in [0.3, 0.4) is 0 Å². The highest BCUT2D eigenvalue weighted by Crippen LogP contribution is 2.27. The maximum atomic E-state index is 12.2. The smallest absolute Gasteiger partial charge is 0.319 e. The molecule has 0 saturated carbocycles. The lowest BCUT2D eigenvalue weighted by Crippen LogP contribution is -2.30. The summed E-state index contributed by atoms with van der Waals surface area (Å²) in [5.74, 6) is 0.251. The molecule has 0 fully saturated rings. The van der Waals surface area contributed by atoms with E-state index in [2.05, 4.69) is 75.1 Å². The normalized spacial score (nSPS) is 10.5. The molecule has 0 saturated heterocycles. The van der Waals surface area contributed by atoms with Crippen LogP contribution in [0.25, 0.3) is 0 Å². The van der Waals surface area contributed by atoms with Gasteiger partial charge in [-0.3, -0.25) is 0 Å². The number of nitrogens with one attached hydrogen (secondary N) is 2. The van der Waals surface area contributed by atoms with Gasteiger partial charge in [-0.15, -0.1) is 0 Å². The molecule has 0 radical (unpaired) electrons. The fourth-order valence-electron chi connectivity index (χ4n) is 2.96. The molecule has 0 aliphatic carbocycles. The molecule has 26 heavy (non-hydrogen) atoms. The molecule has 3 aromatic carbocycles. The summed E-state index contributed by atoms with van der Waals surface area (Å²) in [7, 11) is 0. The quantitative estimate of drug-likeness (QED) is 0.531. The number of benzene rings is 3. The van der Waals surface area contributed by atoms with Crippen LogP contribution in [0.15, 0.2) is 89.4 Å². The van der Waals surface area contributed by atoms with Gasteiger partial charge in [-0.2, -0.15) is 0 Å². The Labute approximate surface area is 162 Å². The van der Waals surface area contributed by atoms with E-state index in [4.69, 9.17) is 0 Å². The molecule has 2 N–H and O–H groups in total. The summed E-state index contributed by atoms with van der Waals surface area (Å²) in [6.45, 7) is 0.588. The highest BCUT2D eigenvalue weighted by atomic mass is 79.9. The molecular formula is C22H21BrN2O. The number of para-hydroxylation sites is 1. The third-order valence-electron chi connectivity index (χ3n) is 4.24. The van der Waals surface area contributed by atoms with Gasteiger partial charge in [0, 0.05) is 16.9 Å². The molecule has 3 nitrogen and oxygen atoms in total. The minimum absolute atomic E-state index is 0.197. The molecule has 0 atom stereocenters. The maximum Gasteiger partial charge on any atom is 0.319 e. The van der Waals surface area contributed by atoms with Crippen LogP contribution in [-0.4, -0.2) is 12.6 Å². The highest BCUT2D eigenvalue weighted by molar-refractivity contribution is 9.10. The molecule has 4 heteroatoms. The van der Waals surface area contributed by atoms with Gasteiger partial charge in [0.15, 0.2) is 0 Å². The van der Waals surface area contributed by atoms with Gasteiger partial charge in [0.1, 0.15) is 0 Å². The SMILES string of the molecule is O=C(NCCC(c1ccccc1)c1ccccc1)Nc1ccccc1Br. The van der Waals surface area contributed by atoms with Gasteiger partial charge in [-0.05, 0) is 45.6 Å². The molecule has 0 heterocycles. The number of carbonyl (C=O) groups excluding carboxylic acids is 1. The van der Waals surface area contributed by atoms with Crippen LogP contribution in [0.1, 0.15) is 23.5 Å². The Morgan fingerprint density at radius 1 is 0.808 bits per heavy atom. The van der Waals surface area contributed by atoms with E-state index in [0.717, 1.165) is 16.6 Å². The minimum atomic E-state index is -0.197. The Hall–Kier alpha value is -2.59. The van der Waals surface area contributed by atoms with Gasteiger partial charge in [0.25, 0.3) is 0 Å². The van der Waals surface area contributed by atoms with E-state index < -0.39 is 0 Å². The molecule has 0 bridgehead atoms. The zero-order chi connectivity index (χ0) is 18.2. The topological polar surface area (TPSA) is 41.1 Å². The minimum Gasteiger partial charge on any atom is -0.338 e. The first-order valence-corrected chi connectivity index (χ1v) is 9.42. The van der Waals surface area contributed by atoms with Crippen LogP contribution >= 0.6 is 15.9 Å². The summed E-state index contributed by atoms with van der Waals surface area (Å²) in [6.07, 6.45) is 0.831. The van der Waals surface area contributed by atoms with Gasteiger partial charge >= 0.3 is 6.03 Å². The summed E-state index contributed by atoms with van der Waals surface area (Å²) in [5, 5.41) is 5.82. The molecule has 3 rings (SSSR count). The summed E-state index contributed by atoms with van der Waals surface area (Å²) >= 11 is 3.43. The number of urea groups is 1. The van der Waals surface area contributed by atoms with Crippen molar-refractivity contribution in [3.63, 3.8) is 0 Å². The van der Waals surface area contributed by atoms with Crippen molar-refractivity contribution in [1.29, 1.82) is 0 Å². The molecule has 2 amide bonds. The summed E-state index contributed by atoms with van der Waals surface area (Å²) in [4.78, 5) is 12.2.